The van der Waals surface area contributed by atoms with Crippen LogP contribution in [-0.2, 0) is 0 Å². The number of benzene rings is 1. The Morgan fingerprint density at radius 3 is 2.80 bits per heavy atom. The number of nitrogens with one attached hydrogen (secondary N) is 2. The number of hydrogen-bond acceptors (Lipinski definition) is 3. The number of phenols is 1. The molecule has 0 radical (unpaired) electrons. The van der Waals surface area contributed by atoms with Gasteiger partial charge in [-0.25, -0.2) is 0 Å². The molecule has 1 unspecified atom stereocenters. The van der Waals surface area contributed by atoms with Gasteiger partial charge in [-0.05, 0) is 17.5 Å². The second kappa shape index (κ2) is 4.64. The van der Waals surface area contributed by atoms with Gasteiger partial charge in [-0.1, -0.05) is 25.1 Å². The van der Waals surface area contributed by atoms with E-state index in [1.807, 2.05) is 18.2 Å². The third-order valence-electron chi connectivity index (χ3n) is 2.96. The molecule has 1 fully saturated rings. The lowest BCUT2D eigenvalue weighted by atomic mass is 9.99. The largest absolute Gasteiger partial charge is 0.508 e. The minimum absolute atomic E-state index is 0.354. The number of hydrogen-bond donors (Lipinski definition) is 3. The van der Waals surface area contributed by atoms with Crippen LogP contribution in [-0.4, -0.2) is 30.8 Å². The molecule has 1 saturated heterocycles. The zero-order valence-corrected chi connectivity index (χ0v) is 9.03. The molecule has 1 aromatic rings. The summed E-state index contributed by atoms with van der Waals surface area (Å²) >= 11 is 0. The molecule has 3 heteroatoms. The topological polar surface area (TPSA) is 44.3 Å². The summed E-state index contributed by atoms with van der Waals surface area (Å²) in [5.74, 6) is 0.755. The molecular weight excluding hydrogens is 188 g/mol. The molecule has 0 saturated carbocycles. The summed E-state index contributed by atoms with van der Waals surface area (Å²) < 4.78 is 0. The Morgan fingerprint density at radius 1 is 1.47 bits per heavy atom. The second-order valence-corrected chi connectivity index (χ2v) is 4.22. The van der Waals surface area contributed by atoms with Gasteiger partial charge in [0, 0.05) is 25.7 Å². The summed E-state index contributed by atoms with van der Waals surface area (Å²) in [5, 5.41) is 16.4. The van der Waals surface area contributed by atoms with Crippen LogP contribution in [0.3, 0.4) is 0 Å². The highest BCUT2D eigenvalue weighted by atomic mass is 16.3. The monoisotopic (exact) mass is 206 g/mol. The summed E-state index contributed by atoms with van der Waals surface area (Å²) in [7, 11) is 0. The zero-order valence-electron chi connectivity index (χ0n) is 9.03. The van der Waals surface area contributed by atoms with Gasteiger partial charge in [-0.2, -0.15) is 0 Å². The molecule has 1 aliphatic heterocycles. The fourth-order valence-corrected chi connectivity index (χ4v) is 1.79. The van der Waals surface area contributed by atoms with Crippen molar-refractivity contribution in [3.8, 4) is 5.75 Å². The van der Waals surface area contributed by atoms with Crippen LogP contribution in [0.2, 0.25) is 0 Å². The van der Waals surface area contributed by atoms with Gasteiger partial charge in [-0.15, -0.1) is 0 Å². The summed E-state index contributed by atoms with van der Waals surface area (Å²) in [4.78, 5) is 0. The Kier molecular flexibility index (Phi) is 3.23. The third kappa shape index (κ3) is 2.49. The predicted molar refractivity (Wildman–Crippen MR) is 61.2 cm³/mol. The van der Waals surface area contributed by atoms with Gasteiger partial charge in [0.1, 0.15) is 5.75 Å². The maximum Gasteiger partial charge on any atom is 0.119 e. The van der Waals surface area contributed by atoms with Crippen molar-refractivity contribution in [3.63, 3.8) is 0 Å². The average molecular weight is 206 g/mol. The van der Waals surface area contributed by atoms with Crippen molar-refractivity contribution in [2.45, 2.75) is 18.9 Å². The molecule has 0 amide bonds. The molecule has 0 aromatic heterocycles. The Morgan fingerprint density at radius 2 is 2.20 bits per heavy atom. The van der Waals surface area contributed by atoms with Crippen molar-refractivity contribution < 1.29 is 5.11 Å². The van der Waals surface area contributed by atoms with E-state index in [2.05, 4.69) is 17.6 Å². The lowest BCUT2D eigenvalue weighted by Gasteiger charge is -2.29. The van der Waals surface area contributed by atoms with Gasteiger partial charge in [-0.3, -0.25) is 0 Å². The SMILES string of the molecule is CC(CNC1CNC1)c1ccccc1O. The minimum atomic E-state index is 0.354. The highest BCUT2D eigenvalue weighted by molar-refractivity contribution is 5.34. The average Bonchev–Trinajstić information content (AvgIpc) is 2.16. The van der Waals surface area contributed by atoms with Crippen molar-refractivity contribution in [3.05, 3.63) is 29.8 Å². The highest BCUT2D eigenvalue weighted by Gasteiger charge is 2.17. The summed E-state index contributed by atoms with van der Waals surface area (Å²) in [6.07, 6.45) is 0. The number of rotatable bonds is 4. The molecule has 1 aromatic carbocycles. The van der Waals surface area contributed by atoms with Crippen LogP contribution in [0.25, 0.3) is 0 Å². The molecule has 1 atom stereocenters. The van der Waals surface area contributed by atoms with Crippen molar-refractivity contribution >= 4 is 0 Å². The Balaban J connectivity index is 1.89. The van der Waals surface area contributed by atoms with Crippen molar-refractivity contribution in [2.75, 3.05) is 19.6 Å². The first-order valence-electron chi connectivity index (χ1n) is 5.49. The molecule has 0 bridgehead atoms. The minimum Gasteiger partial charge on any atom is -0.508 e. The van der Waals surface area contributed by atoms with E-state index in [9.17, 15) is 5.11 Å². The maximum atomic E-state index is 9.68. The first-order valence-corrected chi connectivity index (χ1v) is 5.49. The van der Waals surface area contributed by atoms with Crippen LogP contribution in [0, 0.1) is 0 Å². The van der Waals surface area contributed by atoms with E-state index >= 15 is 0 Å². The fourth-order valence-electron chi connectivity index (χ4n) is 1.79. The third-order valence-corrected chi connectivity index (χ3v) is 2.96. The Bertz CT molecular complexity index is 323. The molecule has 0 aliphatic carbocycles. The van der Waals surface area contributed by atoms with Gasteiger partial charge in [0.15, 0.2) is 0 Å². The molecule has 3 nitrogen and oxygen atoms in total. The molecule has 3 N–H and O–H groups in total. The van der Waals surface area contributed by atoms with Crippen molar-refractivity contribution in [2.24, 2.45) is 0 Å². The number of para-hydroxylation sites is 1. The maximum absolute atomic E-state index is 9.68. The van der Waals surface area contributed by atoms with E-state index < -0.39 is 0 Å². The van der Waals surface area contributed by atoms with Crippen LogP contribution in [0.1, 0.15) is 18.4 Å². The van der Waals surface area contributed by atoms with Crippen molar-refractivity contribution in [1.29, 1.82) is 0 Å². The van der Waals surface area contributed by atoms with Crippen LogP contribution in [0.5, 0.6) is 5.75 Å². The van der Waals surface area contributed by atoms with Crippen LogP contribution >= 0.6 is 0 Å². The molecule has 15 heavy (non-hydrogen) atoms. The Hall–Kier alpha value is -1.06. The lowest BCUT2D eigenvalue weighted by molar-refractivity contribution is 0.358. The van der Waals surface area contributed by atoms with E-state index in [1.165, 1.54) is 0 Å². The lowest BCUT2D eigenvalue weighted by Crippen LogP contribution is -2.55. The molecule has 0 spiro atoms. The summed E-state index contributed by atoms with van der Waals surface area (Å²) in [6, 6.07) is 8.17. The van der Waals surface area contributed by atoms with E-state index in [-0.39, 0.29) is 0 Å². The van der Waals surface area contributed by atoms with Gasteiger partial charge >= 0.3 is 0 Å². The molecule has 2 rings (SSSR count). The summed E-state index contributed by atoms with van der Waals surface area (Å²) in [6.45, 7) is 5.18. The zero-order chi connectivity index (χ0) is 10.7. The van der Waals surface area contributed by atoms with E-state index in [0.717, 1.165) is 25.2 Å². The van der Waals surface area contributed by atoms with Crippen LogP contribution in [0.15, 0.2) is 24.3 Å². The van der Waals surface area contributed by atoms with E-state index in [1.54, 1.807) is 6.07 Å². The number of aromatic hydroxyl groups is 1. The summed E-state index contributed by atoms with van der Waals surface area (Å²) in [5.41, 5.74) is 1.03. The Labute approximate surface area is 90.5 Å². The van der Waals surface area contributed by atoms with Gasteiger partial charge in [0.25, 0.3) is 0 Å². The van der Waals surface area contributed by atoms with E-state index in [0.29, 0.717) is 17.7 Å². The van der Waals surface area contributed by atoms with Crippen molar-refractivity contribution in [1.82, 2.24) is 10.6 Å². The quantitative estimate of drug-likeness (QED) is 0.690. The first kappa shape index (κ1) is 10.5. The second-order valence-electron chi connectivity index (χ2n) is 4.22. The molecule has 82 valence electrons. The van der Waals surface area contributed by atoms with Crippen LogP contribution in [0.4, 0.5) is 0 Å². The first-order chi connectivity index (χ1) is 7.27. The molecule has 1 heterocycles. The standard InChI is InChI=1S/C12H18N2O/c1-9(6-14-10-7-13-8-10)11-4-2-3-5-12(11)15/h2-5,9-10,13-15H,6-8H2,1H3. The fraction of sp³-hybridized carbons (Fsp3) is 0.500. The normalized spacial score (nSPS) is 18.5. The molecule has 1 aliphatic rings. The predicted octanol–water partition coefficient (Wildman–Crippen LogP) is 1.06. The molecular formula is C12H18N2O. The van der Waals surface area contributed by atoms with Gasteiger partial charge < -0.3 is 15.7 Å². The smallest absolute Gasteiger partial charge is 0.119 e. The number of phenolic OH excluding ortho intramolecular Hbond substituents is 1. The van der Waals surface area contributed by atoms with E-state index in [4.69, 9.17) is 0 Å². The van der Waals surface area contributed by atoms with Crippen LogP contribution < -0.4 is 10.6 Å². The highest BCUT2D eigenvalue weighted by Crippen LogP contribution is 2.24. The van der Waals surface area contributed by atoms with Gasteiger partial charge in [0.2, 0.25) is 0 Å². The van der Waals surface area contributed by atoms with Gasteiger partial charge in [0.05, 0.1) is 0 Å².